The van der Waals surface area contributed by atoms with E-state index in [0.717, 1.165) is 12.1 Å². The molecular formula is C24H28ClF5N4O3S. The number of ketones is 1. The highest BCUT2D eigenvalue weighted by atomic mass is 35.5. The number of alkyl halides is 5. The molecule has 0 radical (unpaired) electrons. The van der Waals surface area contributed by atoms with Crippen molar-refractivity contribution in [3.8, 4) is 0 Å². The molecule has 1 saturated carbocycles. The molecule has 1 saturated heterocycles. The van der Waals surface area contributed by atoms with Gasteiger partial charge in [0.25, 0.3) is 10.0 Å². The zero-order valence-electron chi connectivity index (χ0n) is 20.6. The minimum Gasteiger partial charge on any atom is -0.339 e. The third-order valence-corrected chi connectivity index (χ3v) is 9.62. The third kappa shape index (κ3) is 5.90. The molecule has 4 rings (SSSR count). The second-order valence-corrected chi connectivity index (χ2v) is 12.2. The van der Waals surface area contributed by atoms with Crippen LogP contribution >= 0.6 is 11.6 Å². The lowest BCUT2D eigenvalue weighted by atomic mass is 9.74. The Bertz CT molecular complexity index is 1280. The lowest BCUT2D eigenvalue weighted by Crippen LogP contribution is -2.59. The van der Waals surface area contributed by atoms with E-state index < -0.39 is 57.4 Å². The fourth-order valence-electron chi connectivity index (χ4n) is 5.38. The highest BCUT2D eigenvalue weighted by Crippen LogP contribution is 2.45. The molecule has 38 heavy (non-hydrogen) atoms. The second kappa shape index (κ2) is 10.5. The van der Waals surface area contributed by atoms with E-state index >= 15 is 0 Å². The minimum absolute atomic E-state index is 0.0366. The van der Waals surface area contributed by atoms with Gasteiger partial charge in [0.2, 0.25) is 5.92 Å². The Morgan fingerprint density at radius 1 is 1.08 bits per heavy atom. The van der Waals surface area contributed by atoms with Crippen molar-refractivity contribution >= 4 is 27.4 Å². The Balaban J connectivity index is 1.52. The van der Waals surface area contributed by atoms with Gasteiger partial charge in [-0.15, -0.1) is 0 Å². The standard InChI is InChI=1S/C24H28ClF5N4O3S/c1-32-15-20(31-16-32)38(36,37)34-13-11-33(12-14-34)22(7-9-23(26,27)10-8-22)6-5-19(35)21-17(24(28,29)30)3-2-4-18(21)25/h2-4,15-16H,5-14H2,1H3. The summed E-state index contributed by atoms with van der Waals surface area (Å²) in [4.78, 5) is 18.9. The number of piperazine rings is 1. The molecule has 0 N–H and O–H groups in total. The number of hydrogen-bond acceptors (Lipinski definition) is 5. The van der Waals surface area contributed by atoms with Crippen molar-refractivity contribution in [1.29, 1.82) is 0 Å². The third-order valence-electron chi connectivity index (χ3n) is 7.52. The van der Waals surface area contributed by atoms with Gasteiger partial charge in [0.1, 0.15) is 0 Å². The van der Waals surface area contributed by atoms with Crippen LogP contribution in [0.2, 0.25) is 5.02 Å². The zero-order valence-corrected chi connectivity index (χ0v) is 22.2. The number of carbonyl (C=O) groups is 1. The summed E-state index contributed by atoms with van der Waals surface area (Å²) in [7, 11) is -2.19. The molecule has 0 unspecified atom stereocenters. The van der Waals surface area contributed by atoms with Crippen LogP contribution < -0.4 is 0 Å². The largest absolute Gasteiger partial charge is 0.417 e. The summed E-state index contributed by atoms with van der Waals surface area (Å²) >= 11 is 5.98. The topological polar surface area (TPSA) is 75.5 Å². The lowest BCUT2D eigenvalue weighted by molar-refractivity contribution is -0.137. The van der Waals surface area contributed by atoms with Gasteiger partial charge in [-0.05, 0) is 31.4 Å². The fraction of sp³-hybridized carbons (Fsp3) is 0.583. The number of benzene rings is 1. The van der Waals surface area contributed by atoms with E-state index in [0.29, 0.717) is 0 Å². The molecule has 0 atom stereocenters. The fourth-order valence-corrected chi connectivity index (χ4v) is 7.05. The van der Waals surface area contributed by atoms with Crippen LogP contribution in [-0.4, -0.2) is 70.6 Å². The van der Waals surface area contributed by atoms with Crippen LogP contribution in [0, 0.1) is 0 Å². The summed E-state index contributed by atoms with van der Waals surface area (Å²) in [6.45, 7) is 0.638. The number of rotatable bonds is 7. The average molecular weight is 583 g/mol. The number of carbonyl (C=O) groups excluding carboxylic acids is 1. The predicted octanol–water partition coefficient (Wildman–Crippen LogP) is 5.01. The van der Waals surface area contributed by atoms with E-state index in [9.17, 15) is 35.2 Å². The molecule has 1 aromatic heterocycles. The van der Waals surface area contributed by atoms with Gasteiger partial charge in [0, 0.05) is 69.8 Å². The zero-order chi connectivity index (χ0) is 27.9. The number of halogens is 6. The Morgan fingerprint density at radius 2 is 1.71 bits per heavy atom. The number of sulfonamides is 1. The summed E-state index contributed by atoms with van der Waals surface area (Å²) in [5.74, 6) is -3.68. The van der Waals surface area contributed by atoms with Gasteiger partial charge in [0.15, 0.2) is 10.8 Å². The van der Waals surface area contributed by atoms with Crippen LogP contribution in [0.25, 0.3) is 0 Å². The minimum atomic E-state index is -4.78. The predicted molar refractivity (Wildman–Crippen MR) is 130 cm³/mol. The van der Waals surface area contributed by atoms with Crippen molar-refractivity contribution in [2.24, 2.45) is 7.05 Å². The first-order valence-electron chi connectivity index (χ1n) is 12.1. The molecule has 14 heteroatoms. The molecule has 1 aliphatic carbocycles. The van der Waals surface area contributed by atoms with Gasteiger partial charge in [-0.25, -0.2) is 22.2 Å². The lowest BCUT2D eigenvalue weighted by Gasteiger charge is -2.50. The molecule has 2 heterocycles. The summed E-state index contributed by atoms with van der Waals surface area (Å²) in [6.07, 6.45) is -3.05. The normalized spacial score (nSPS) is 20.9. The van der Waals surface area contributed by atoms with Crippen molar-refractivity contribution in [2.45, 2.75) is 61.2 Å². The number of aromatic nitrogens is 2. The molecule has 2 aliphatic rings. The van der Waals surface area contributed by atoms with Crippen LogP contribution in [0.5, 0.6) is 0 Å². The first-order chi connectivity index (χ1) is 17.6. The van der Waals surface area contributed by atoms with Gasteiger partial charge >= 0.3 is 6.18 Å². The van der Waals surface area contributed by atoms with Crippen molar-refractivity contribution in [1.82, 2.24) is 18.8 Å². The van der Waals surface area contributed by atoms with E-state index in [4.69, 9.17) is 11.6 Å². The van der Waals surface area contributed by atoms with Gasteiger partial charge < -0.3 is 4.57 Å². The molecular weight excluding hydrogens is 555 g/mol. The maximum atomic E-state index is 14.1. The summed E-state index contributed by atoms with van der Waals surface area (Å²) in [5.41, 5.74) is -2.63. The molecule has 210 valence electrons. The van der Waals surface area contributed by atoms with Gasteiger partial charge in [-0.2, -0.15) is 17.5 Å². The molecule has 2 fully saturated rings. The molecule has 7 nitrogen and oxygen atoms in total. The van der Waals surface area contributed by atoms with Crippen LogP contribution in [0.4, 0.5) is 22.0 Å². The summed E-state index contributed by atoms with van der Waals surface area (Å²) < 4.78 is 97.5. The number of imidazole rings is 1. The van der Waals surface area contributed by atoms with Gasteiger partial charge in [-0.1, -0.05) is 17.7 Å². The van der Waals surface area contributed by atoms with Crippen molar-refractivity contribution in [2.75, 3.05) is 26.2 Å². The second-order valence-electron chi connectivity index (χ2n) is 9.93. The van der Waals surface area contributed by atoms with Crippen molar-refractivity contribution in [3.63, 3.8) is 0 Å². The molecule has 0 spiro atoms. The molecule has 0 amide bonds. The van der Waals surface area contributed by atoms with Crippen LogP contribution in [0.1, 0.15) is 54.4 Å². The Morgan fingerprint density at radius 3 is 2.26 bits per heavy atom. The molecule has 0 bridgehead atoms. The molecule has 1 aliphatic heterocycles. The number of nitrogens with zero attached hydrogens (tertiary/aromatic N) is 4. The first-order valence-corrected chi connectivity index (χ1v) is 14.0. The van der Waals surface area contributed by atoms with Crippen molar-refractivity contribution < 1.29 is 35.2 Å². The number of aryl methyl sites for hydroxylation is 1. The van der Waals surface area contributed by atoms with E-state index in [1.54, 1.807) is 7.05 Å². The summed E-state index contributed by atoms with van der Waals surface area (Å²) in [5, 5.41) is -0.409. The highest BCUT2D eigenvalue weighted by molar-refractivity contribution is 7.89. The van der Waals surface area contributed by atoms with Crippen LogP contribution in [0.3, 0.4) is 0 Å². The van der Waals surface area contributed by atoms with Crippen molar-refractivity contribution in [3.05, 3.63) is 46.9 Å². The molecule has 2 aromatic rings. The van der Waals surface area contributed by atoms with Crippen LogP contribution in [0.15, 0.2) is 35.7 Å². The van der Waals surface area contributed by atoms with Gasteiger partial charge in [-0.3, -0.25) is 9.69 Å². The van der Waals surface area contributed by atoms with E-state index in [1.165, 1.54) is 27.5 Å². The smallest absolute Gasteiger partial charge is 0.339 e. The SMILES string of the molecule is Cn1cnc(S(=O)(=O)N2CCN(C3(CCC(=O)c4c(Cl)cccc4C(F)(F)F)CCC(F)(F)CC3)CC2)c1. The quantitative estimate of drug-likeness (QED) is 0.339. The Labute approximate surface area is 222 Å². The average Bonchev–Trinajstić information content (AvgIpc) is 3.30. The van der Waals surface area contributed by atoms with Gasteiger partial charge in [0.05, 0.1) is 16.9 Å². The van der Waals surface area contributed by atoms with E-state index in [2.05, 4.69) is 4.98 Å². The highest BCUT2D eigenvalue weighted by Gasteiger charge is 2.48. The maximum Gasteiger partial charge on any atom is 0.417 e. The number of Topliss-reactive ketones (excluding diaryl/α,β-unsaturated/α-hetero) is 1. The van der Waals surface area contributed by atoms with Crippen LogP contribution in [-0.2, 0) is 23.2 Å². The Kier molecular flexibility index (Phi) is 7.97. The monoisotopic (exact) mass is 582 g/mol. The molecule has 1 aromatic carbocycles. The Hall–Kier alpha value is -2.09. The maximum absolute atomic E-state index is 14.1. The van der Waals surface area contributed by atoms with E-state index in [-0.39, 0.29) is 61.9 Å². The number of hydrogen-bond donors (Lipinski definition) is 0. The van der Waals surface area contributed by atoms with E-state index in [1.807, 2.05) is 4.90 Å². The first kappa shape index (κ1) is 28.9. The summed E-state index contributed by atoms with van der Waals surface area (Å²) in [6, 6.07) is 3.12.